The molecule has 2 aromatic carbocycles. The maximum Gasteiger partial charge on any atom is 0.249 e. The van der Waals surface area contributed by atoms with Gasteiger partial charge in [-0.1, -0.05) is 31.2 Å². The number of rotatable bonds is 6. The van der Waals surface area contributed by atoms with Crippen molar-refractivity contribution in [2.75, 3.05) is 17.7 Å². The second kappa shape index (κ2) is 7.61. The Hall–Kier alpha value is -3.15. The van der Waals surface area contributed by atoms with Crippen LogP contribution in [0.15, 0.2) is 48.7 Å². The molecule has 2 N–H and O–H groups in total. The molecule has 0 unspecified atom stereocenters. The number of aromatic nitrogens is 3. The number of benzene rings is 2. The normalized spacial score (nSPS) is 10.4. The summed E-state index contributed by atoms with van der Waals surface area (Å²) in [5.41, 5.74) is 4.31. The summed E-state index contributed by atoms with van der Waals surface area (Å²) in [6.07, 6.45) is 2.56. The number of hydrogen-bond acceptors (Lipinski definition) is 6. The minimum atomic E-state index is 0.421. The number of nitrogens with one attached hydrogen (secondary N) is 2. The first-order valence-electron chi connectivity index (χ1n) is 8.16. The van der Waals surface area contributed by atoms with Gasteiger partial charge < -0.3 is 15.4 Å². The van der Waals surface area contributed by atoms with E-state index in [1.54, 1.807) is 13.3 Å². The van der Waals surface area contributed by atoms with Gasteiger partial charge >= 0.3 is 0 Å². The maximum atomic E-state index is 5.23. The highest BCUT2D eigenvalue weighted by Crippen LogP contribution is 2.25. The quantitative estimate of drug-likeness (QED) is 0.702. The Kier molecular flexibility index (Phi) is 5.09. The van der Waals surface area contributed by atoms with Crippen LogP contribution in [0.1, 0.15) is 18.1 Å². The van der Waals surface area contributed by atoms with E-state index in [4.69, 9.17) is 4.74 Å². The summed E-state index contributed by atoms with van der Waals surface area (Å²) in [5, 5.41) is 14.6. The summed E-state index contributed by atoms with van der Waals surface area (Å²) in [4.78, 5) is 4.50. The van der Waals surface area contributed by atoms with E-state index in [1.165, 1.54) is 11.1 Å². The molecule has 128 valence electrons. The van der Waals surface area contributed by atoms with E-state index in [0.29, 0.717) is 11.8 Å². The van der Waals surface area contributed by atoms with Gasteiger partial charge in [0.2, 0.25) is 5.95 Å². The van der Waals surface area contributed by atoms with E-state index in [-0.39, 0.29) is 0 Å². The average Bonchev–Trinajstić information content (AvgIpc) is 2.64. The first kappa shape index (κ1) is 16.7. The molecule has 3 rings (SSSR count). The van der Waals surface area contributed by atoms with Crippen molar-refractivity contribution in [2.24, 2.45) is 0 Å². The van der Waals surface area contributed by atoms with Gasteiger partial charge in [-0.3, -0.25) is 0 Å². The molecule has 0 aliphatic carbocycles. The molecule has 0 amide bonds. The van der Waals surface area contributed by atoms with Crippen LogP contribution in [0, 0.1) is 6.92 Å². The summed E-state index contributed by atoms with van der Waals surface area (Å²) in [7, 11) is 1.63. The van der Waals surface area contributed by atoms with E-state index >= 15 is 0 Å². The predicted octanol–water partition coefficient (Wildman–Crippen LogP) is 4.24. The lowest BCUT2D eigenvalue weighted by Gasteiger charge is -2.13. The molecule has 0 fully saturated rings. The predicted molar refractivity (Wildman–Crippen MR) is 99.9 cm³/mol. The Balaban J connectivity index is 1.82. The molecule has 0 bridgehead atoms. The molecule has 6 heteroatoms. The van der Waals surface area contributed by atoms with Crippen molar-refractivity contribution in [3.63, 3.8) is 0 Å². The van der Waals surface area contributed by atoms with Crippen LogP contribution in [0.2, 0.25) is 0 Å². The smallest absolute Gasteiger partial charge is 0.249 e. The van der Waals surface area contributed by atoms with Gasteiger partial charge in [0.05, 0.1) is 13.3 Å². The fourth-order valence-electron chi connectivity index (χ4n) is 2.58. The molecule has 0 aliphatic rings. The van der Waals surface area contributed by atoms with Gasteiger partial charge in [0.15, 0.2) is 5.82 Å². The summed E-state index contributed by atoms with van der Waals surface area (Å²) >= 11 is 0. The zero-order valence-corrected chi connectivity index (χ0v) is 14.6. The summed E-state index contributed by atoms with van der Waals surface area (Å²) < 4.78 is 5.23. The molecule has 0 atom stereocenters. The van der Waals surface area contributed by atoms with Crippen molar-refractivity contribution in [3.8, 4) is 5.75 Å². The van der Waals surface area contributed by atoms with E-state index in [0.717, 1.165) is 23.5 Å². The van der Waals surface area contributed by atoms with Crippen LogP contribution >= 0.6 is 0 Å². The molecule has 0 aliphatic heterocycles. The molecular weight excluding hydrogens is 314 g/mol. The molecule has 3 aromatic rings. The van der Waals surface area contributed by atoms with Gasteiger partial charge in [0.25, 0.3) is 0 Å². The lowest BCUT2D eigenvalue weighted by atomic mass is 10.1. The van der Waals surface area contributed by atoms with Crippen molar-refractivity contribution in [3.05, 3.63) is 59.8 Å². The van der Waals surface area contributed by atoms with Crippen molar-refractivity contribution in [1.82, 2.24) is 15.2 Å². The van der Waals surface area contributed by atoms with Gasteiger partial charge in [-0.15, -0.1) is 5.10 Å². The van der Waals surface area contributed by atoms with Gasteiger partial charge in [-0.05, 0) is 36.6 Å². The molecule has 0 spiro atoms. The number of methoxy groups -OCH3 is 1. The Morgan fingerprint density at radius 2 is 1.92 bits per heavy atom. The van der Waals surface area contributed by atoms with Gasteiger partial charge in [-0.2, -0.15) is 10.1 Å². The van der Waals surface area contributed by atoms with Crippen LogP contribution in [-0.2, 0) is 6.42 Å². The number of aryl methyl sites for hydroxylation is 2. The van der Waals surface area contributed by atoms with Crippen LogP contribution in [-0.4, -0.2) is 22.3 Å². The Morgan fingerprint density at radius 3 is 2.72 bits per heavy atom. The molecule has 1 heterocycles. The molecule has 6 nitrogen and oxygen atoms in total. The van der Waals surface area contributed by atoms with Crippen molar-refractivity contribution in [1.29, 1.82) is 0 Å². The Bertz CT molecular complexity index is 866. The van der Waals surface area contributed by atoms with Gasteiger partial charge in [0.1, 0.15) is 5.75 Å². The molecule has 0 saturated carbocycles. The topological polar surface area (TPSA) is 72.0 Å². The zero-order valence-electron chi connectivity index (χ0n) is 14.6. The first-order valence-corrected chi connectivity index (χ1v) is 8.16. The fourth-order valence-corrected chi connectivity index (χ4v) is 2.58. The van der Waals surface area contributed by atoms with E-state index in [2.05, 4.69) is 57.9 Å². The highest BCUT2D eigenvalue weighted by Gasteiger charge is 2.07. The molecule has 25 heavy (non-hydrogen) atoms. The van der Waals surface area contributed by atoms with E-state index < -0.39 is 0 Å². The Labute approximate surface area is 147 Å². The molecular formula is C19H21N5O. The zero-order chi connectivity index (χ0) is 17.6. The highest BCUT2D eigenvalue weighted by atomic mass is 16.5. The number of ether oxygens (including phenoxy) is 1. The van der Waals surface area contributed by atoms with Crippen LogP contribution in [0.4, 0.5) is 23.1 Å². The SMILES string of the molecule is CCc1cccc(C)c1Nc1cnnc(Nc2cccc(OC)c2)n1. The fraction of sp³-hybridized carbons (Fsp3) is 0.211. The minimum Gasteiger partial charge on any atom is -0.497 e. The van der Waals surface area contributed by atoms with Gasteiger partial charge in [0, 0.05) is 17.4 Å². The van der Waals surface area contributed by atoms with Crippen LogP contribution in [0.25, 0.3) is 0 Å². The number of para-hydroxylation sites is 1. The summed E-state index contributed by atoms with van der Waals surface area (Å²) in [5.74, 6) is 1.83. The molecule has 0 radical (unpaired) electrons. The van der Waals surface area contributed by atoms with Crippen molar-refractivity contribution >= 4 is 23.1 Å². The summed E-state index contributed by atoms with van der Waals surface area (Å²) in [6, 6.07) is 13.8. The Morgan fingerprint density at radius 1 is 1.08 bits per heavy atom. The lowest BCUT2D eigenvalue weighted by molar-refractivity contribution is 0.415. The number of nitrogens with zero attached hydrogens (tertiary/aromatic N) is 3. The highest BCUT2D eigenvalue weighted by molar-refractivity contribution is 5.65. The van der Waals surface area contributed by atoms with Crippen LogP contribution in [0.3, 0.4) is 0 Å². The minimum absolute atomic E-state index is 0.421. The monoisotopic (exact) mass is 335 g/mol. The summed E-state index contributed by atoms with van der Waals surface area (Å²) in [6.45, 7) is 4.21. The maximum absolute atomic E-state index is 5.23. The molecule has 0 saturated heterocycles. The number of hydrogen-bond donors (Lipinski definition) is 2. The third kappa shape index (κ3) is 4.03. The van der Waals surface area contributed by atoms with Crippen LogP contribution < -0.4 is 15.4 Å². The van der Waals surface area contributed by atoms with E-state index in [1.807, 2.05) is 24.3 Å². The standard InChI is InChI=1S/C19H21N5O/c1-4-14-8-5-7-13(2)18(14)22-17-12-20-24-19(23-17)21-15-9-6-10-16(11-15)25-3/h5-12H,4H2,1-3H3,(H2,21,22,23,24). The van der Waals surface area contributed by atoms with Crippen LogP contribution in [0.5, 0.6) is 5.75 Å². The lowest BCUT2D eigenvalue weighted by Crippen LogP contribution is -2.04. The average molecular weight is 335 g/mol. The van der Waals surface area contributed by atoms with Gasteiger partial charge in [-0.25, -0.2) is 0 Å². The van der Waals surface area contributed by atoms with E-state index in [9.17, 15) is 0 Å². The first-order chi connectivity index (χ1) is 12.2. The second-order valence-electron chi connectivity index (χ2n) is 5.61. The third-order valence-corrected chi connectivity index (χ3v) is 3.88. The second-order valence-corrected chi connectivity index (χ2v) is 5.61. The molecule has 1 aromatic heterocycles. The largest absolute Gasteiger partial charge is 0.497 e. The number of anilines is 4. The van der Waals surface area contributed by atoms with Crippen molar-refractivity contribution < 1.29 is 4.74 Å². The van der Waals surface area contributed by atoms with Crippen molar-refractivity contribution in [2.45, 2.75) is 20.3 Å². The third-order valence-electron chi connectivity index (χ3n) is 3.88.